The second kappa shape index (κ2) is 9.09. The van der Waals surface area contributed by atoms with Gasteiger partial charge in [-0.05, 0) is 44.7 Å². The van der Waals surface area contributed by atoms with E-state index in [9.17, 15) is 4.79 Å². The smallest absolute Gasteiger partial charge is 0.265 e. The Morgan fingerprint density at radius 3 is 2.64 bits per heavy atom. The Balaban J connectivity index is 1.39. The summed E-state index contributed by atoms with van der Waals surface area (Å²) in [4.78, 5) is 31.5. The van der Waals surface area contributed by atoms with Crippen molar-refractivity contribution in [1.29, 1.82) is 0 Å². The fraction of sp³-hybridized carbons (Fsp3) is 0.619. The lowest BCUT2D eigenvalue weighted by Gasteiger charge is -2.28. The van der Waals surface area contributed by atoms with Crippen LogP contribution in [0.4, 0.5) is 0 Å². The Bertz CT molecular complexity index is 787. The normalized spacial score (nSPS) is 19.5. The molecule has 0 bridgehead atoms. The van der Waals surface area contributed by atoms with Gasteiger partial charge in [0.15, 0.2) is 10.8 Å². The number of thiazole rings is 1. The summed E-state index contributed by atoms with van der Waals surface area (Å²) < 4.78 is 0. The molecular weight excluding hydrogens is 370 g/mol. The van der Waals surface area contributed by atoms with E-state index in [-0.39, 0.29) is 5.91 Å². The summed E-state index contributed by atoms with van der Waals surface area (Å²) in [6, 6.07) is 1.78. The number of hydrogen-bond donors (Lipinski definition) is 0. The minimum atomic E-state index is 0.108. The molecule has 1 amide bonds. The van der Waals surface area contributed by atoms with Gasteiger partial charge in [0.2, 0.25) is 0 Å². The maximum atomic E-state index is 13.2. The molecule has 2 fully saturated rings. The van der Waals surface area contributed by atoms with Crippen molar-refractivity contribution in [2.45, 2.75) is 45.4 Å². The van der Waals surface area contributed by atoms with Crippen molar-refractivity contribution in [1.82, 2.24) is 24.8 Å². The molecule has 2 aliphatic rings. The van der Waals surface area contributed by atoms with Crippen LogP contribution in [0.15, 0.2) is 18.5 Å². The molecule has 0 radical (unpaired) electrons. The number of hydrogen-bond acceptors (Lipinski definition) is 6. The fourth-order valence-corrected chi connectivity index (χ4v) is 5.32. The summed E-state index contributed by atoms with van der Waals surface area (Å²) in [6.07, 6.45) is 11.4. The molecule has 2 aromatic rings. The Kier molecular flexibility index (Phi) is 6.32. The van der Waals surface area contributed by atoms with Gasteiger partial charge in [0.05, 0.1) is 5.69 Å². The lowest BCUT2D eigenvalue weighted by Crippen LogP contribution is -2.36. The molecular formula is C21H29N5OS. The number of rotatable bonds is 4. The first-order chi connectivity index (χ1) is 13.7. The summed E-state index contributed by atoms with van der Waals surface area (Å²) in [5, 5.41) is 0.718. The minimum Gasteiger partial charge on any atom is -0.337 e. The molecule has 150 valence electrons. The molecule has 1 aliphatic heterocycles. The summed E-state index contributed by atoms with van der Waals surface area (Å²) in [5.41, 5.74) is 0.778. The van der Waals surface area contributed by atoms with E-state index in [0.29, 0.717) is 5.82 Å². The van der Waals surface area contributed by atoms with Gasteiger partial charge in [-0.15, -0.1) is 11.3 Å². The van der Waals surface area contributed by atoms with E-state index in [0.717, 1.165) is 54.1 Å². The van der Waals surface area contributed by atoms with Crippen molar-refractivity contribution in [2.24, 2.45) is 5.92 Å². The predicted octanol–water partition coefficient (Wildman–Crippen LogP) is 3.64. The third kappa shape index (κ3) is 4.58. The van der Waals surface area contributed by atoms with Gasteiger partial charge in [0, 0.05) is 38.6 Å². The van der Waals surface area contributed by atoms with E-state index in [2.05, 4.69) is 19.9 Å². The summed E-state index contributed by atoms with van der Waals surface area (Å²) in [7, 11) is 0. The first-order valence-corrected chi connectivity index (χ1v) is 11.3. The van der Waals surface area contributed by atoms with E-state index in [1.807, 2.05) is 11.8 Å². The second-order valence-corrected chi connectivity index (χ2v) is 8.96. The van der Waals surface area contributed by atoms with Gasteiger partial charge in [-0.3, -0.25) is 4.79 Å². The van der Waals surface area contributed by atoms with E-state index in [1.54, 1.807) is 18.5 Å². The number of carbonyl (C=O) groups is 1. The Labute approximate surface area is 171 Å². The number of aryl methyl sites for hydroxylation is 1. The average Bonchev–Trinajstić information content (AvgIpc) is 2.97. The van der Waals surface area contributed by atoms with Gasteiger partial charge in [-0.1, -0.05) is 19.3 Å². The highest BCUT2D eigenvalue weighted by Crippen LogP contribution is 2.27. The standard InChI is InChI=1S/C21H29N5OS/c1-16-18(28-20(24-16)19-22-9-5-10-23-19)21(27)26-12-6-11-25(13-14-26)15-17-7-3-2-4-8-17/h5,9-10,17H,2-4,6-8,11-15H2,1H3. The van der Waals surface area contributed by atoms with E-state index in [4.69, 9.17) is 0 Å². The molecule has 1 saturated heterocycles. The van der Waals surface area contributed by atoms with E-state index in [1.165, 1.54) is 50.0 Å². The second-order valence-electron chi connectivity index (χ2n) is 7.96. The van der Waals surface area contributed by atoms with Crippen LogP contribution in [0, 0.1) is 12.8 Å². The SMILES string of the molecule is Cc1nc(-c2ncccn2)sc1C(=O)N1CCCN(CC2CCCCC2)CC1. The zero-order valence-corrected chi connectivity index (χ0v) is 17.5. The van der Waals surface area contributed by atoms with Crippen LogP contribution in [-0.2, 0) is 0 Å². The van der Waals surface area contributed by atoms with Crippen molar-refractivity contribution in [3.05, 3.63) is 29.0 Å². The molecule has 7 heteroatoms. The monoisotopic (exact) mass is 399 g/mol. The van der Waals surface area contributed by atoms with Gasteiger partial charge in [0.1, 0.15) is 4.88 Å². The molecule has 1 saturated carbocycles. The highest BCUT2D eigenvalue weighted by Gasteiger charge is 2.26. The van der Waals surface area contributed by atoms with Gasteiger partial charge in [-0.2, -0.15) is 0 Å². The van der Waals surface area contributed by atoms with Gasteiger partial charge >= 0.3 is 0 Å². The zero-order chi connectivity index (χ0) is 19.3. The lowest BCUT2D eigenvalue weighted by atomic mass is 9.89. The first kappa shape index (κ1) is 19.5. The van der Waals surface area contributed by atoms with Crippen molar-refractivity contribution < 1.29 is 4.79 Å². The number of nitrogens with zero attached hydrogens (tertiary/aromatic N) is 5. The van der Waals surface area contributed by atoms with Crippen LogP contribution in [0.1, 0.15) is 53.9 Å². The molecule has 0 N–H and O–H groups in total. The van der Waals surface area contributed by atoms with Crippen molar-refractivity contribution in [3.63, 3.8) is 0 Å². The third-order valence-electron chi connectivity index (χ3n) is 5.86. The zero-order valence-electron chi connectivity index (χ0n) is 16.6. The van der Waals surface area contributed by atoms with Crippen LogP contribution < -0.4 is 0 Å². The van der Waals surface area contributed by atoms with Crippen molar-refractivity contribution in [3.8, 4) is 10.8 Å². The molecule has 0 atom stereocenters. The average molecular weight is 400 g/mol. The first-order valence-electron chi connectivity index (χ1n) is 10.5. The lowest BCUT2D eigenvalue weighted by molar-refractivity contribution is 0.0764. The van der Waals surface area contributed by atoms with Crippen molar-refractivity contribution >= 4 is 17.2 Å². The molecule has 0 spiro atoms. The number of carbonyl (C=O) groups excluding carboxylic acids is 1. The predicted molar refractivity (Wildman–Crippen MR) is 111 cm³/mol. The van der Waals surface area contributed by atoms with Crippen LogP contribution in [0.3, 0.4) is 0 Å². The Morgan fingerprint density at radius 2 is 1.86 bits per heavy atom. The van der Waals surface area contributed by atoms with Crippen LogP contribution >= 0.6 is 11.3 Å². The van der Waals surface area contributed by atoms with Crippen molar-refractivity contribution in [2.75, 3.05) is 32.7 Å². The molecule has 2 aromatic heterocycles. The van der Waals surface area contributed by atoms with E-state index >= 15 is 0 Å². The molecule has 0 aromatic carbocycles. The quantitative estimate of drug-likeness (QED) is 0.785. The Morgan fingerprint density at radius 1 is 1.07 bits per heavy atom. The molecule has 0 unspecified atom stereocenters. The van der Waals surface area contributed by atoms with Gasteiger partial charge < -0.3 is 9.80 Å². The van der Waals surface area contributed by atoms with Gasteiger partial charge in [-0.25, -0.2) is 15.0 Å². The Hall–Kier alpha value is -1.86. The fourth-order valence-electron chi connectivity index (χ4n) is 4.34. The minimum absolute atomic E-state index is 0.108. The highest BCUT2D eigenvalue weighted by molar-refractivity contribution is 7.17. The molecule has 3 heterocycles. The highest BCUT2D eigenvalue weighted by atomic mass is 32.1. The summed E-state index contributed by atoms with van der Waals surface area (Å²) in [6.45, 7) is 6.83. The molecule has 4 rings (SSSR count). The third-order valence-corrected chi connectivity index (χ3v) is 7.01. The molecule has 6 nitrogen and oxygen atoms in total. The molecule has 28 heavy (non-hydrogen) atoms. The van der Waals surface area contributed by atoms with Crippen LogP contribution in [0.5, 0.6) is 0 Å². The largest absolute Gasteiger partial charge is 0.337 e. The van der Waals surface area contributed by atoms with E-state index < -0.39 is 0 Å². The molecule has 1 aliphatic carbocycles. The summed E-state index contributed by atoms with van der Waals surface area (Å²) in [5.74, 6) is 1.55. The number of amides is 1. The topological polar surface area (TPSA) is 62.2 Å². The van der Waals surface area contributed by atoms with Crippen LogP contribution in [0.2, 0.25) is 0 Å². The van der Waals surface area contributed by atoms with Gasteiger partial charge in [0.25, 0.3) is 5.91 Å². The maximum Gasteiger partial charge on any atom is 0.265 e. The van der Waals surface area contributed by atoms with Crippen LogP contribution in [0.25, 0.3) is 10.8 Å². The number of aromatic nitrogens is 3. The maximum absolute atomic E-state index is 13.2. The van der Waals surface area contributed by atoms with Crippen LogP contribution in [-0.4, -0.2) is 63.4 Å². The summed E-state index contributed by atoms with van der Waals surface area (Å²) >= 11 is 1.41.